The molecular weight excluding hydrogens is 404 g/mol. The molecule has 146 valence electrons. The van der Waals surface area contributed by atoms with Crippen molar-refractivity contribution in [3.8, 4) is 0 Å². The summed E-state index contributed by atoms with van der Waals surface area (Å²) in [5.74, 6) is 0.266. The van der Waals surface area contributed by atoms with Gasteiger partial charge in [-0.1, -0.05) is 66.6 Å². The largest absolute Gasteiger partial charge is 0.328 e. The molecule has 2 aliphatic carbocycles. The molecule has 1 aromatic rings. The zero-order chi connectivity index (χ0) is 18.8. The van der Waals surface area contributed by atoms with Crippen LogP contribution in [0.15, 0.2) is 28.7 Å². The van der Waals surface area contributed by atoms with Gasteiger partial charge in [0.2, 0.25) is 5.91 Å². The summed E-state index contributed by atoms with van der Waals surface area (Å²) >= 11 is 3.54. The predicted molar refractivity (Wildman–Crippen MR) is 109 cm³/mol. The van der Waals surface area contributed by atoms with Crippen LogP contribution in [-0.4, -0.2) is 40.2 Å². The number of amides is 2. The molecule has 3 fully saturated rings. The molecule has 1 unspecified atom stereocenters. The molecule has 1 aromatic carbocycles. The van der Waals surface area contributed by atoms with Crippen LogP contribution < -0.4 is 0 Å². The van der Waals surface area contributed by atoms with E-state index in [-0.39, 0.29) is 30.4 Å². The van der Waals surface area contributed by atoms with E-state index >= 15 is 0 Å². The van der Waals surface area contributed by atoms with E-state index in [1.807, 2.05) is 34.1 Å². The van der Waals surface area contributed by atoms with Crippen LogP contribution in [0.25, 0.3) is 0 Å². The van der Waals surface area contributed by atoms with E-state index in [1.165, 1.54) is 12.8 Å². The fraction of sp³-hybridized carbons (Fsp3) is 0.636. The van der Waals surface area contributed by atoms with Gasteiger partial charge >= 0.3 is 0 Å². The van der Waals surface area contributed by atoms with E-state index in [2.05, 4.69) is 15.9 Å². The smallest absolute Gasteiger partial charge is 0.250 e. The van der Waals surface area contributed by atoms with Gasteiger partial charge in [-0.2, -0.15) is 0 Å². The van der Waals surface area contributed by atoms with Gasteiger partial charge < -0.3 is 9.80 Å². The zero-order valence-electron chi connectivity index (χ0n) is 15.9. The third-order valence-electron chi connectivity index (χ3n) is 6.54. The fourth-order valence-electron chi connectivity index (χ4n) is 5.18. The monoisotopic (exact) mass is 432 g/mol. The first kappa shape index (κ1) is 19.0. The number of hydrogen-bond donors (Lipinski definition) is 0. The number of piperazine rings is 1. The van der Waals surface area contributed by atoms with Crippen molar-refractivity contribution in [3.05, 3.63) is 34.3 Å². The Bertz CT molecular complexity index is 695. The van der Waals surface area contributed by atoms with Crippen LogP contribution in [0.1, 0.15) is 75.8 Å². The quantitative estimate of drug-likeness (QED) is 0.686. The lowest BCUT2D eigenvalue weighted by Crippen LogP contribution is -2.61. The van der Waals surface area contributed by atoms with Gasteiger partial charge in [0.05, 0.1) is 0 Å². The Morgan fingerprint density at radius 1 is 0.852 bits per heavy atom. The highest BCUT2D eigenvalue weighted by Crippen LogP contribution is 2.37. The Morgan fingerprint density at radius 3 is 2.11 bits per heavy atom. The van der Waals surface area contributed by atoms with Gasteiger partial charge in [-0.15, -0.1) is 0 Å². The molecule has 2 amide bonds. The Balaban J connectivity index is 1.68. The maximum Gasteiger partial charge on any atom is 0.250 e. The zero-order valence-corrected chi connectivity index (χ0v) is 17.5. The summed E-state index contributed by atoms with van der Waals surface area (Å²) < 4.78 is 0.957. The van der Waals surface area contributed by atoms with Crippen LogP contribution in [0.5, 0.6) is 0 Å². The minimum absolute atomic E-state index is 0.130. The summed E-state index contributed by atoms with van der Waals surface area (Å²) in [5.41, 5.74) is 0.939. The fourth-order valence-corrected chi connectivity index (χ4v) is 5.60. The lowest BCUT2D eigenvalue weighted by Gasteiger charge is -2.48. The standard InChI is InChI=1S/C22H29BrN2O2/c23-17-9-7-8-16(14-17)21-22(27)24(18-10-3-1-4-11-18)15-20(26)25(21)19-12-5-2-6-13-19/h7-9,14,18-19,21H,1-6,10-13,15H2. The van der Waals surface area contributed by atoms with Crippen molar-refractivity contribution in [2.75, 3.05) is 6.54 Å². The maximum absolute atomic E-state index is 13.7. The molecule has 27 heavy (non-hydrogen) atoms. The van der Waals surface area contributed by atoms with E-state index in [1.54, 1.807) is 0 Å². The number of halogens is 1. The SMILES string of the molecule is O=C1C(c2cccc(Br)c2)N(C2CCCCC2)C(=O)CN1C1CCCCC1. The van der Waals surface area contributed by atoms with E-state index in [0.717, 1.165) is 61.4 Å². The number of nitrogens with zero attached hydrogens (tertiary/aromatic N) is 2. The first-order valence-electron chi connectivity index (χ1n) is 10.5. The van der Waals surface area contributed by atoms with E-state index < -0.39 is 6.04 Å². The molecule has 0 bridgehead atoms. The number of rotatable bonds is 3. The summed E-state index contributed by atoms with van der Waals surface area (Å²) in [6, 6.07) is 7.93. The molecular formula is C22H29BrN2O2. The van der Waals surface area contributed by atoms with Crippen LogP contribution in [-0.2, 0) is 9.59 Å². The minimum atomic E-state index is -0.464. The highest BCUT2D eigenvalue weighted by Gasteiger charge is 2.45. The van der Waals surface area contributed by atoms with E-state index in [4.69, 9.17) is 0 Å². The summed E-state index contributed by atoms with van der Waals surface area (Å²) in [6.45, 7) is 0.268. The summed E-state index contributed by atoms with van der Waals surface area (Å²) in [7, 11) is 0. The van der Waals surface area contributed by atoms with Crippen molar-refractivity contribution in [1.29, 1.82) is 0 Å². The Kier molecular flexibility index (Phi) is 5.86. The Hall–Kier alpha value is -1.36. The van der Waals surface area contributed by atoms with Gasteiger partial charge in [-0.3, -0.25) is 9.59 Å². The molecule has 0 radical (unpaired) electrons. The summed E-state index contributed by atoms with van der Waals surface area (Å²) in [5, 5.41) is 0. The van der Waals surface area contributed by atoms with Gasteiger partial charge in [0, 0.05) is 16.6 Å². The molecule has 4 nitrogen and oxygen atoms in total. The van der Waals surface area contributed by atoms with Crippen molar-refractivity contribution in [1.82, 2.24) is 9.80 Å². The van der Waals surface area contributed by atoms with Crippen LogP contribution in [0.2, 0.25) is 0 Å². The molecule has 1 saturated heterocycles. The van der Waals surface area contributed by atoms with Crippen LogP contribution in [0, 0.1) is 0 Å². The van der Waals surface area contributed by atoms with Gasteiger partial charge in [-0.05, 0) is 43.4 Å². The van der Waals surface area contributed by atoms with Crippen molar-refractivity contribution < 1.29 is 9.59 Å². The second kappa shape index (κ2) is 8.34. The first-order chi connectivity index (χ1) is 13.1. The maximum atomic E-state index is 13.7. The number of carbonyl (C=O) groups excluding carboxylic acids is 2. The van der Waals surface area contributed by atoms with E-state index in [9.17, 15) is 9.59 Å². The molecule has 5 heteroatoms. The van der Waals surface area contributed by atoms with Gasteiger partial charge in [0.25, 0.3) is 5.91 Å². The van der Waals surface area contributed by atoms with Crippen molar-refractivity contribution in [2.45, 2.75) is 82.3 Å². The van der Waals surface area contributed by atoms with E-state index in [0.29, 0.717) is 0 Å². The van der Waals surface area contributed by atoms with Crippen LogP contribution in [0.3, 0.4) is 0 Å². The lowest BCUT2D eigenvalue weighted by molar-refractivity contribution is -0.162. The first-order valence-corrected chi connectivity index (χ1v) is 11.3. The average Bonchev–Trinajstić information content (AvgIpc) is 2.70. The van der Waals surface area contributed by atoms with Crippen molar-refractivity contribution in [2.24, 2.45) is 0 Å². The van der Waals surface area contributed by atoms with Crippen molar-refractivity contribution >= 4 is 27.7 Å². The second-order valence-electron chi connectivity index (χ2n) is 8.31. The Labute approximate surface area is 170 Å². The average molecular weight is 433 g/mol. The van der Waals surface area contributed by atoms with Crippen molar-refractivity contribution in [3.63, 3.8) is 0 Å². The number of hydrogen-bond acceptors (Lipinski definition) is 2. The predicted octanol–water partition coefficient (Wildman–Crippen LogP) is 4.83. The molecule has 0 N–H and O–H groups in total. The minimum Gasteiger partial charge on any atom is -0.328 e. The summed E-state index contributed by atoms with van der Waals surface area (Å²) in [4.78, 5) is 30.8. The molecule has 1 heterocycles. The third kappa shape index (κ3) is 3.94. The number of benzene rings is 1. The molecule has 0 aromatic heterocycles. The normalized spacial score (nSPS) is 25.9. The second-order valence-corrected chi connectivity index (χ2v) is 9.22. The van der Waals surface area contributed by atoms with Gasteiger partial charge in [-0.25, -0.2) is 0 Å². The highest BCUT2D eigenvalue weighted by atomic mass is 79.9. The van der Waals surface area contributed by atoms with Crippen LogP contribution in [0.4, 0.5) is 0 Å². The van der Waals surface area contributed by atoms with Crippen LogP contribution >= 0.6 is 15.9 Å². The molecule has 2 saturated carbocycles. The molecule has 1 atom stereocenters. The van der Waals surface area contributed by atoms with Gasteiger partial charge in [0.1, 0.15) is 12.6 Å². The molecule has 1 aliphatic heterocycles. The molecule has 3 aliphatic rings. The Morgan fingerprint density at radius 2 is 1.48 bits per heavy atom. The molecule has 0 spiro atoms. The van der Waals surface area contributed by atoms with Gasteiger partial charge in [0.15, 0.2) is 0 Å². The highest BCUT2D eigenvalue weighted by molar-refractivity contribution is 9.10. The lowest BCUT2D eigenvalue weighted by atomic mass is 9.88. The molecule has 4 rings (SSSR count). The topological polar surface area (TPSA) is 40.6 Å². The third-order valence-corrected chi connectivity index (χ3v) is 7.03. The number of carbonyl (C=O) groups is 2. The summed E-state index contributed by atoms with van der Waals surface area (Å²) in [6.07, 6.45) is 11.2.